The monoisotopic (exact) mass is 649 g/mol. The largest absolute Gasteiger partial charge is 0.342 e. The highest BCUT2D eigenvalue weighted by atomic mass is 16.2. The summed E-state index contributed by atoms with van der Waals surface area (Å²) in [5.74, 6) is 2.54. The van der Waals surface area contributed by atoms with Crippen molar-refractivity contribution in [3.63, 3.8) is 0 Å². The van der Waals surface area contributed by atoms with Gasteiger partial charge < -0.3 is 14.0 Å². The van der Waals surface area contributed by atoms with E-state index in [4.69, 9.17) is 20.0 Å². The predicted molar refractivity (Wildman–Crippen MR) is 195 cm³/mol. The van der Waals surface area contributed by atoms with Gasteiger partial charge in [0.25, 0.3) is 0 Å². The lowest BCUT2D eigenvalue weighted by Gasteiger charge is -2.29. The first-order valence-corrected chi connectivity index (χ1v) is 18.7. The zero-order valence-electron chi connectivity index (χ0n) is 29.6. The summed E-state index contributed by atoms with van der Waals surface area (Å²) < 4.78 is 4.75. The predicted octanol–water partition coefficient (Wildman–Crippen LogP) is 7.17. The van der Waals surface area contributed by atoms with Crippen LogP contribution in [-0.2, 0) is 30.7 Å². The Morgan fingerprint density at radius 2 is 1.15 bits per heavy atom. The van der Waals surface area contributed by atoms with Gasteiger partial charge in [0.2, 0.25) is 5.91 Å². The van der Waals surface area contributed by atoms with Crippen LogP contribution in [0.2, 0.25) is 0 Å². The van der Waals surface area contributed by atoms with Gasteiger partial charge in [-0.3, -0.25) is 14.8 Å². The molecule has 1 amide bonds. The molecule has 2 aliphatic heterocycles. The molecule has 4 aromatic rings. The number of carbonyl (C=O) groups excluding carboxylic acids is 1. The lowest BCUT2D eigenvalue weighted by atomic mass is 9.94. The molecule has 6 rings (SSSR count). The van der Waals surface area contributed by atoms with Gasteiger partial charge in [-0.2, -0.15) is 0 Å². The number of aromatic nitrogens is 4. The maximum absolute atomic E-state index is 13.6. The molecular formula is C40H55N7O. The van der Waals surface area contributed by atoms with Gasteiger partial charge in [0.1, 0.15) is 22.6 Å². The zero-order chi connectivity index (χ0) is 33.3. The summed E-state index contributed by atoms with van der Waals surface area (Å²) >= 11 is 0. The van der Waals surface area contributed by atoms with Gasteiger partial charge in [0.15, 0.2) is 0 Å². The van der Waals surface area contributed by atoms with E-state index in [2.05, 4.69) is 62.6 Å². The average molecular weight is 650 g/mol. The Morgan fingerprint density at radius 1 is 0.667 bits per heavy atom. The molecule has 2 aromatic heterocycles. The third kappa shape index (κ3) is 8.24. The third-order valence-electron chi connectivity index (χ3n) is 9.86. The molecule has 0 fully saturated rings. The van der Waals surface area contributed by atoms with E-state index in [0.717, 1.165) is 96.9 Å². The molecule has 0 aliphatic carbocycles. The van der Waals surface area contributed by atoms with Crippen LogP contribution >= 0.6 is 0 Å². The molecule has 2 aliphatic rings. The normalized spacial score (nSPS) is 16.6. The fraction of sp³-hybridized carbons (Fsp3) is 0.575. The van der Waals surface area contributed by atoms with Crippen LogP contribution in [0.1, 0.15) is 103 Å². The van der Waals surface area contributed by atoms with Crippen LogP contribution in [0.3, 0.4) is 0 Å². The van der Waals surface area contributed by atoms with Crippen LogP contribution in [0.4, 0.5) is 0 Å². The second-order valence-electron chi connectivity index (χ2n) is 14.7. The van der Waals surface area contributed by atoms with Crippen molar-refractivity contribution in [1.29, 1.82) is 0 Å². The SMILES string of the molecule is CC(C)(C)C(=O)N(CCCCN=c1c2ccccc2nc2n1CCCCCC2)CCCN=c1c2ccccc2nc2n1CCCCCC2. The number of hydrogen-bond donors (Lipinski definition) is 0. The Kier molecular flexibility index (Phi) is 11.4. The number of unbranched alkanes of at least 4 members (excludes halogenated alkanes) is 1. The van der Waals surface area contributed by atoms with Gasteiger partial charge in [0.05, 0.1) is 11.0 Å². The molecular weight excluding hydrogens is 594 g/mol. The minimum Gasteiger partial charge on any atom is -0.342 e. The molecule has 0 spiro atoms. The van der Waals surface area contributed by atoms with Crippen LogP contribution in [0.5, 0.6) is 0 Å². The Morgan fingerprint density at radius 3 is 1.69 bits per heavy atom. The van der Waals surface area contributed by atoms with E-state index < -0.39 is 5.41 Å². The fourth-order valence-corrected chi connectivity index (χ4v) is 7.30. The number of amides is 1. The zero-order valence-corrected chi connectivity index (χ0v) is 29.6. The highest BCUT2D eigenvalue weighted by molar-refractivity contribution is 5.81. The number of nitrogens with zero attached hydrogens (tertiary/aromatic N) is 7. The second-order valence-corrected chi connectivity index (χ2v) is 14.7. The molecule has 8 heteroatoms. The van der Waals surface area contributed by atoms with Crippen LogP contribution in [0.25, 0.3) is 21.8 Å². The van der Waals surface area contributed by atoms with E-state index in [1.54, 1.807) is 0 Å². The first-order chi connectivity index (χ1) is 23.4. The second kappa shape index (κ2) is 16.1. The van der Waals surface area contributed by atoms with Crippen LogP contribution in [-0.4, -0.2) is 56.1 Å². The first kappa shape index (κ1) is 34.1. The molecule has 4 heterocycles. The highest BCUT2D eigenvalue weighted by Gasteiger charge is 2.26. The van der Waals surface area contributed by atoms with E-state index in [-0.39, 0.29) is 5.91 Å². The lowest BCUT2D eigenvalue weighted by molar-refractivity contribution is -0.139. The standard InChI is InChI=1S/C40H55N7O/c1-40(2,3)39(48)45(28-18-26-42-38-32-20-11-13-22-34(32)44-36-24-9-5-7-16-30-47(36)38)27-17-14-25-41-37-31-19-10-12-21-33(31)43-35-23-8-4-6-15-29-46(35)37/h10-13,19-22H,4-9,14-18,23-30H2,1-3H3. The van der Waals surface area contributed by atoms with Crippen molar-refractivity contribution >= 4 is 27.7 Å². The topological polar surface area (TPSA) is 80.7 Å². The van der Waals surface area contributed by atoms with Gasteiger partial charge in [-0.05, 0) is 69.2 Å². The number of fused-ring (bicyclic) bond motifs is 4. The summed E-state index contributed by atoms with van der Waals surface area (Å²) in [4.78, 5) is 36.1. The number of hydrogen-bond acceptors (Lipinski definition) is 5. The molecule has 8 nitrogen and oxygen atoms in total. The van der Waals surface area contributed by atoms with Crippen LogP contribution < -0.4 is 11.0 Å². The molecule has 2 aromatic carbocycles. The molecule has 0 unspecified atom stereocenters. The summed E-state index contributed by atoms with van der Waals surface area (Å²) in [5.41, 5.74) is 3.79. The van der Waals surface area contributed by atoms with E-state index in [9.17, 15) is 4.79 Å². The van der Waals surface area contributed by atoms with Crippen molar-refractivity contribution in [2.45, 2.75) is 117 Å². The van der Waals surface area contributed by atoms with E-state index in [1.807, 2.05) is 20.8 Å². The van der Waals surface area contributed by atoms with Gasteiger partial charge in [-0.1, -0.05) is 70.7 Å². The molecule has 0 saturated carbocycles. The summed E-state index contributed by atoms with van der Waals surface area (Å²) in [5, 5.41) is 2.27. The van der Waals surface area contributed by atoms with Gasteiger partial charge in [-0.25, -0.2) is 9.97 Å². The average Bonchev–Trinajstić information content (AvgIpc) is 3.05. The van der Waals surface area contributed by atoms with Gasteiger partial charge in [0, 0.05) is 68.3 Å². The molecule has 0 radical (unpaired) electrons. The minimum atomic E-state index is -0.419. The molecule has 0 N–H and O–H groups in total. The lowest BCUT2D eigenvalue weighted by Crippen LogP contribution is -2.41. The molecule has 0 atom stereocenters. The Labute approximate surface area is 286 Å². The van der Waals surface area contributed by atoms with Crippen LogP contribution in [0.15, 0.2) is 58.5 Å². The van der Waals surface area contributed by atoms with Crippen molar-refractivity contribution < 1.29 is 4.79 Å². The minimum absolute atomic E-state index is 0.213. The van der Waals surface area contributed by atoms with Crippen molar-refractivity contribution in [2.24, 2.45) is 15.4 Å². The van der Waals surface area contributed by atoms with Crippen LogP contribution in [0, 0.1) is 5.41 Å². The first-order valence-electron chi connectivity index (χ1n) is 18.7. The van der Waals surface area contributed by atoms with Gasteiger partial charge >= 0.3 is 0 Å². The Balaban J connectivity index is 1.14. The number of benzene rings is 2. The molecule has 0 bridgehead atoms. The fourth-order valence-electron chi connectivity index (χ4n) is 7.30. The molecule has 48 heavy (non-hydrogen) atoms. The molecule has 0 saturated heterocycles. The maximum atomic E-state index is 13.6. The number of rotatable bonds is 9. The summed E-state index contributed by atoms with van der Waals surface area (Å²) in [7, 11) is 0. The van der Waals surface area contributed by atoms with Crippen molar-refractivity contribution in [3.8, 4) is 0 Å². The van der Waals surface area contributed by atoms with Gasteiger partial charge in [-0.15, -0.1) is 0 Å². The maximum Gasteiger partial charge on any atom is 0.227 e. The number of carbonyl (C=O) groups is 1. The van der Waals surface area contributed by atoms with E-state index >= 15 is 0 Å². The Hall–Kier alpha value is -3.81. The quantitative estimate of drug-likeness (QED) is 0.181. The molecule has 256 valence electrons. The summed E-state index contributed by atoms with van der Waals surface area (Å²) in [6.45, 7) is 10.9. The van der Waals surface area contributed by atoms with E-state index in [0.29, 0.717) is 13.1 Å². The van der Waals surface area contributed by atoms with Crippen molar-refractivity contribution in [3.05, 3.63) is 71.2 Å². The smallest absolute Gasteiger partial charge is 0.227 e. The number of aryl methyl sites for hydroxylation is 2. The summed E-state index contributed by atoms with van der Waals surface area (Å²) in [6.07, 6.45) is 14.5. The third-order valence-corrected chi connectivity index (χ3v) is 9.86. The van der Waals surface area contributed by atoms with E-state index in [1.165, 1.54) is 57.2 Å². The van der Waals surface area contributed by atoms with Crippen molar-refractivity contribution in [2.75, 3.05) is 26.2 Å². The number of para-hydroxylation sites is 2. The summed E-state index contributed by atoms with van der Waals surface area (Å²) in [6, 6.07) is 16.9. The highest BCUT2D eigenvalue weighted by Crippen LogP contribution is 2.19. The Bertz CT molecular complexity index is 1840. The van der Waals surface area contributed by atoms with Crippen molar-refractivity contribution in [1.82, 2.24) is 24.0 Å².